The summed E-state index contributed by atoms with van der Waals surface area (Å²) in [5.41, 5.74) is 2.63. The van der Waals surface area contributed by atoms with E-state index in [1.807, 2.05) is 52.0 Å². The lowest BCUT2D eigenvalue weighted by Gasteiger charge is -2.26. The molecule has 0 saturated carbocycles. The quantitative estimate of drug-likeness (QED) is 0.411. The second-order valence-corrected chi connectivity index (χ2v) is 8.82. The standard InChI is InChI=1S/C24H30N2O5/c1-14(2)11-20(26-22(28)17-7-5-6-8-18(17)23(26)29)24(30)31-13-21(27)25-19-10-9-15(3)12-16(19)4/h5-6,9-10,12,14,17-18,20H,7-8,11,13H2,1-4H3,(H,25,27)/t17-,18+,20-/m0/s1. The number of nitrogens with one attached hydrogen (secondary N) is 1. The molecule has 0 radical (unpaired) electrons. The van der Waals surface area contributed by atoms with Gasteiger partial charge in [0.1, 0.15) is 6.04 Å². The third kappa shape index (κ3) is 5.03. The zero-order valence-corrected chi connectivity index (χ0v) is 18.5. The molecule has 166 valence electrons. The van der Waals surface area contributed by atoms with Crippen molar-refractivity contribution in [3.8, 4) is 0 Å². The van der Waals surface area contributed by atoms with Crippen LogP contribution in [0.5, 0.6) is 0 Å². The molecule has 1 aliphatic carbocycles. The lowest BCUT2D eigenvalue weighted by atomic mass is 9.85. The molecule has 1 fully saturated rings. The summed E-state index contributed by atoms with van der Waals surface area (Å²) >= 11 is 0. The lowest BCUT2D eigenvalue weighted by molar-refractivity contribution is -0.160. The van der Waals surface area contributed by atoms with Crippen LogP contribution in [0.2, 0.25) is 0 Å². The number of likely N-dealkylation sites (tertiary alicyclic amines) is 1. The van der Waals surface area contributed by atoms with Gasteiger partial charge < -0.3 is 10.1 Å². The highest BCUT2D eigenvalue weighted by atomic mass is 16.5. The molecule has 3 amide bonds. The molecule has 1 aliphatic heterocycles. The molecule has 1 aromatic carbocycles. The second-order valence-electron chi connectivity index (χ2n) is 8.82. The molecule has 1 N–H and O–H groups in total. The summed E-state index contributed by atoms with van der Waals surface area (Å²) in [5.74, 6) is -2.59. The number of rotatable bonds is 7. The Kier molecular flexibility index (Phi) is 6.93. The van der Waals surface area contributed by atoms with Crippen molar-refractivity contribution >= 4 is 29.4 Å². The molecular formula is C24H30N2O5. The highest BCUT2D eigenvalue weighted by Crippen LogP contribution is 2.37. The minimum atomic E-state index is -1.01. The molecule has 0 unspecified atom stereocenters. The monoisotopic (exact) mass is 426 g/mol. The molecule has 0 aromatic heterocycles. The number of allylic oxidation sites excluding steroid dienone is 2. The predicted octanol–water partition coefficient (Wildman–Crippen LogP) is 3.15. The number of aryl methyl sites for hydroxylation is 2. The fourth-order valence-corrected chi connectivity index (χ4v) is 4.26. The molecular weight excluding hydrogens is 396 g/mol. The molecule has 7 heteroatoms. The summed E-state index contributed by atoms with van der Waals surface area (Å²) in [6.07, 6.45) is 5.12. The van der Waals surface area contributed by atoms with Crippen LogP contribution in [-0.2, 0) is 23.9 Å². The van der Waals surface area contributed by atoms with E-state index in [0.29, 0.717) is 24.9 Å². The van der Waals surface area contributed by atoms with E-state index in [2.05, 4.69) is 5.32 Å². The van der Waals surface area contributed by atoms with Gasteiger partial charge in [0.05, 0.1) is 11.8 Å². The Morgan fingerprint density at radius 3 is 2.26 bits per heavy atom. The number of carbonyl (C=O) groups excluding carboxylic acids is 4. The van der Waals surface area contributed by atoms with E-state index in [1.54, 1.807) is 6.07 Å². The Morgan fingerprint density at radius 2 is 1.71 bits per heavy atom. The molecule has 31 heavy (non-hydrogen) atoms. The highest BCUT2D eigenvalue weighted by Gasteiger charge is 2.51. The van der Waals surface area contributed by atoms with Crippen LogP contribution >= 0.6 is 0 Å². The first kappa shape index (κ1) is 22.7. The minimum absolute atomic E-state index is 0.0583. The summed E-state index contributed by atoms with van der Waals surface area (Å²) in [6.45, 7) is 7.18. The third-order valence-corrected chi connectivity index (χ3v) is 5.82. The van der Waals surface area contributed by atoms with Crippen LogP contribution in [0.3, 0.4) is 0 Å². The van der Waals surface area contributed by atoms with Gasteiger partial charge in [-0.1, -0.05) is 43.7 Å². The van der Waals surface area contributed by atoms with Crippen molar-refractivity contribution in [2.75, 3.05) is 11.9 Å². The SMILES string of the molecule is Cc1ccc(NC(=O)COC(=O)[C@H](CC(C)C)N2C(=O)[C@H]3CC=CC[C@H]3C2=O)c(C)c1. The van der Waals surface area contributed by atoms with Crippen LogP contribution in [0.1, 0.15) is 44.2 Å². The topological polar surface area (TPSA) is 92.8 Å². The third-order valence-electron chi connectivity index (χ3n) is 5.82. The second kappa shape index (κ2) is 9.45. The maximum Gasteiger partial charge on any atom is 0.329 e. The number of nitrogens with zero attached hydrogens (tertiary/aromatic N) is 1. The Morgan fingerprint density at radius 1 is 1.10 bits per heavy atom. The lowest BCUT2D eigenvalue weighted by Crippen LogP contribution is -2.47. The smallest absolute Gasteiger partial charge is 0.329 e. The maximum atomic E-state index is 12.9. The van der Waals surface area contributed by atoms with Crippen molar-refractivity contribution in [1.29, 1.82) is 0 Å². The Bertz CT molecular complexity index is 895. The van der Waals surface area contributed by atoms with Crippen molar-refractivity contribution in [3.63, 3.8) is 0 Å². The van der Waals surface area contributed by atoms with E-state index < -0.39 is 36.4 Å². The molecule has 7 nitrogen and oxygen atoms in total. The first-order valence-corrected chi connectivity index (χ1v) is 10.7. The number of ether oxygens (including phenoxy) is 1. The van der Waals surface area contributed by atoms with Crippen LogP contribution in [0.25, 0.3) is 0 Å². The van der Waals surface area contributed by atoms with E-state index in [9.17, 15) is 19.2 Å². The van der Waals surface area contributed by atoms with Crippen LogP contribution in [0.15, 0.2) is 30.4 Å². The summed E-state index contributed by atoms with van der Waals surface area (Å²) in [4.78, 5) is 52.1. The summed E-state index contributed by atoms with van der Waals surface area (Å²) in [5, 5.41) is 2.73. The molecule has 1 aromatic rings. The van der Waals surface area contributed by atoms with Crippen LogP contribution in [0, 0.1) is 31.6 Å². The van der Waals surface area contributed by atoms with E-state index in [1.165, 1.54) is 0 Å². The zero-order valence-electron chi connectivity index (χ0n) is 18.5. The minimum Gasteiger partial charge on any atom is -0.454 e. The average Bonchev–Trinajstić information content (AvgIpc) is 2.97. The predicted molar refractivity (Wildman–Crippen MR) is 116 cm³/mol. The van der Waals surface area contributed by atoms with E-state index >= 15 is 0 Å². The van der Waals surface area contributed by atoms with Gasteiger partial charge in [-0.3, -0.25) is 19.3 Å². The van der Waals surface area contributed by atoms with Crippen molar-refractivity contribution < 1.29 is 23.9 Å². The average molecular weight is 427 g/mol. The Labute approximate surface area is 182 Å². The maximum absolute atomic E-state index is 12.9. The molecule has 2 aliphatic rings. The van der Waals surface area contributed by atoms with Gasteiger partial charge in [-0.15, -0.1) is 0 Å². The number of hydrogen-bond acceptors (Lipinski definition) is 5. The molecule has 1 heterocycles. The van der Waals surface area contributed by atoms with Gasteiger partial charge in [0, 0.05) is 5.69 Å². The molecule has 1 saturated heterocycles. The van der Waals surface area contributed by atoms with Gasteiger partial charge in [-0.05, 0) is 50.7 Å². The number of imide groups is 1. The number of fused-ring (bicyclic) bond motifs is 1. The molecule has 0 spiro atoms. The molecule has 3 rings (SSSR count). The first-order chi connectivity index (χ1) is 14.7. The number of amides is 3. The number of carbonyl (C=O) groups is 4. The van der Waals surface area contributed by atoms with Crippen LogP contribution < -0.4 is 5.32 Å². The van der Waals surface area contributed by atoms with Crippen molar-refractivity contribution in [2.45, 2.75) is 53.0 Å². The largest absolute Gasteiger partial charge is 0.454 e. The van der Waals surface area contributed by atoms with Gasteiger partial charge in [0.15, 0.2) is 6.61 Å². The van der Waals surface area contributed by atoms with Crippen LogP contribution in [0.4, 0.5) is 5.69 Å². The normalized spacial score (nSPS) is 21.3. The zero-order chi connectivity index (χ0) is 22.7. The van der Waals surface area contributed by atoms with Gasteiger partial charge in [-0.2, -0.15) is 0 Å². The van der Waals surface area contributed by atoms with Gasteiger partial charge in [-0.25, -0.2) is 4.79 Å². The van der Waals surface area contributed by atoms with Gasteiger partial charge in [0.2, 0.25) is 11.8 Å². The van der Waals surface area contributed by atoms with Gasteiger partial charge >= 0.3 is 5.97 Å². The number of hydrogen-bond donors (Lipinski definition) is 1. The Hall–Kier alpha value is -2.96. The van der Waals surface area contributed by atoms with Gasteiger partial charge in [0.25, 0.3) is 5.91 Å². The van der Waals surface area contributed by atoms with Crippen LogP contribution in [-0.4, -0.2) is 41.2 Å². The van der Waals surface area contributed by atoms with E-state index in [0.717, 1.165) is 16.0 Å². The number of esters is 1. The fraction of sp³-hybridized carbons (Fsp3) is 0.500. The highest BCUT2D eigenvalue weighted by molar-refractivity contribution is 6.08. The molecule has 3 atom stereocenters. The summed E-state index contributed by atoms with van der Waals surface area (Å²) in [6, 6.07) is 4.61. The van der Waals surface area contributed by atoms with E-state index in [4.69, 9.17) is 4.74 Å². The van der Waals surface area contributed by atoms with E-state index in [-0.39, 0.29) is 17.7 Å². The fourth-order valence-electron chi connectivity index (χ4n) is 4.26. The first-order valence-electron chi connectivity index (χ1n) is 10.7. The summed E-state index contributed by atoms with van der Waals surface area (Å²) < 4.78 is 5.25. The van der Waals surface area contributed by atoms with Crippen molar-refractivity contribution in [1.82, 2.24) is 4.90 Å². The number of anilines is 1. The molecule has 0 bridgehead atoms. The number of benzene rings is 1. The van der Waals surface area contributed by atoms with Crippen molar-refractivity contribution in [3.05, 3.63) is 41.5 Å². The van der Waals surface area contributed by atoms with Crippen molar-refractivity contribution in [2.24, 2.45) is 17.8 Å². The summed E-state index contributed by atoms with van der Waals surface area (Å²) in [7, 11) is 0. The Balaban J connectivity index is 1.67.